The molecular weight excluding hydrogens is 308 g/mol. The molecule has 1 heterocycles. The van der Waals surface area contributed by atoms with Crippen LogP contribution in [0.25, 0.3) is 0 Å². The molecule has 148 valence electrons. The minimum atomic E-state index is 0.266. The van der Waals surface area contributed by atoms with E-state index in [1.54, 1.807) is 0 Å². The maximum Gasteiger partial charge on any atom is 0.220 e. The second-order valence-electron chi connectivity index (χ2n) is 8.28. The zero-order valence-corrected chi connectivity index (χ0v) is 17.3. The number of hydrogen-bond acceptors (Lipinski definition) is 2. The Balaban J connectivity index is 1.84. The smallest absolute Gasteiger partial charge is 0.220 e. The summed E-state index contributed by atoms with van der Waals surface area (Å²) in [6, 6.07) is 0.977. The van der Waals surface area contributed by atoms with E-state index in [2.05, 4.69) is 31.0 Å². The molecule has 0 unspecified atom stereocenters. The van der Waals surface area contributed by atoms with Crippen LogP contribution in [-0.2, 0) is 4.79 Å². The fraction of sp³-hybridized carbons (Fsp3) is 0.955. The van der Waals surface area contributed by atoms with Crippen LogP contribution in [0.15, 0.2) is 0 Å². The quantitative estimate of drug-likeness (QED) is 0.385. The van der Waals surface area contributed by atoms with Gasteiger partial charge in [0.15, 0.2) is 0 Å². The zero-order valence-electron chi connectivity index (χ0n) is 17.3. The number of carbonyl (C=O) groups excluding carboxylic acids is 1. The van der Waals surface area contributed by atoms with Gasteiger partial charge >= 0.3 is 0 Å². The molecule has 0 spiro atoms. The third kappa shape index (κ3) is 11.6. The van der Waals surface area contributed by atoms with Crippen molar-refractivity contribution < 1.29 is 4.79 Å². The van der Waals surface area contributed by atoms with Crippen LogP contribution in [0.5, 0.6) is 0 Å². The summed E-state index contributed by atoms with van der Waals surface area (Å²) in [4.78, 5) is 14.5. The molecule has 1 rings (SSSR count). The molecule has 0 aromatic carbocycles. The Bertz CT molecular complexity index is 330. The van der Waals surface area contributed by atoms with Crippen molar-refractivity contribution >= 4 is 5.91 Å². The van der Waals surface area contributed by atoms with E-state index in [1.807, 2.05) is 0 Å². The molecule has 25 heavy (non-hydrogen) atoms. The van der Waals surface area contributed by atoms with Gasteiger partial charge in [-0.3, -0.25) is 9.69 Å². The maximum atomic E-state index is 12.0. The molecule has 1 fully saturated rings. The molecular formula is C22H44N2O. The third-order valence-electron chi connectivity index (χ3n) is 5.57. The second kappa shape index (κ2) is 14.6. The number of nitrogens with zero attached hydrogens (tertiary/aromatic N) is 1. The highest BCUT2D eigenvalue weighted by Crippen LogP contribution is 2.14. The summed E-state index contributed by atoms with van der Waals surface area (Å²) >= 11 is 0. The normalized spacial score (nSPS) is 18.2. The first-order valence-electron chi connectivity index (χ1n) is 11.2. The summed E-state index contributed by atoms with van der Waals surface area (Å²) in [5.74, 6) is 0.266. The maximum absolute atomic E-state index is 12.0. The molecule has 0 saturated carbocycles. The summed E-state index contributed by atoms with van der Waals surface area (Å²) in [5.41, 5.74) is 0. The van der Waals surface area contributed by atoms with E-state index in [0.717, 1.165) is 32.4 Å². The summed E-state index contributed by atoms with van der Waals surface area (Å²) in [6.07, 6.45) is 18.0. The largest absolute Gasteiger partial charge is 0.352 e. The Morgan fingerprint density at radius 2 is 1.44 bits per heavy atom. The van der Waals surface area contributed by atoms with Gasteiger partial charge in [0.25, 0.3) is 0 Å². The predicted molar refractivity (Wildman–Crippen MR) is 109 cm³/mol. The molecule has 3 heteroatoms. The predicted octanol–water partition coefficient (Wildman–Crippen LogP) is 5.68. The molecule has 0 aromatic heterocycles. The number of likely N-dealkylation sites (tertiary alicyclic amines) is 1. The number of hydrogen-bond donors (Lipinski definition) is 1. The molecule has 0 aromatic rings. The number of nitrogens with one attached hydrogen (secondary N) is 1. The van der Waals surface area contributed by atoms with Gasteiger partial charge in [0, 0.05) is 31.6 Å². The molecule has 0 aliphatic carbocycles. The van der Waals surface area contributed by atoms with Gasteiger partial charge in [0.1, 0.15) is 0 Å². The van der Waals surface area contributed by atoms with Crippen molar-refractivity contribution in [1.82, 2.24) is 10.2 Å². The highest BCUT2D eigenvalue weighted by atomic mass is 16.1. The van der Waals surface area contributed by atoms with Crippen LogP contribution in [0.4, 0.5) is 0 Å². The first-order chi connectivity index (χ1) is 12.1. The fourth-order valence-corrected chi connectivity index (χ4v) is 3.80. The van der Waals surface area contributed by atoms with Crippen LogP contribution in [0.1, 0.15) is 111 Å². The molecule has 1 amide bonds. The number of amides is 1. The zero-order chi connectivity index (χ0) is 18.3. The minimum absolute atomic E-state index is 0.266. The van der Waals surface area contributed by atoms with Gasteiger partial charge < -0.3 is 5.32 Å². The summed E-state index contributed by atoms with van der Waals surface area (Å²) in [6.45, 7) is 8.90. The molecule has 1 atom stereocenters. The highest BCUT2D eigenvalue weighted by Gasteiger charge is 2.24. The molecule has 1 saturated heterocycles. The average molecular weight is 353 g/mol. The van der Waals surface area contributed by atoms with Crippen LogP contribution in [0.2, 0.25) is 0 Å². The lowest BCUT2D eigenvalue weighted by Crippen LogP contribution is -2.38. The van der Waals surface area contributed by atoms with Crippen LogP contribution in [-0.4, -0.2) is 36.0 Å². The summed E-state index contributed by atoms with van der Waals surface area (Å²) < 4.78 is 0. The Kier molecular flexibility index (Phi) is 13.1. The van der Waals surface area contributed by atoms with E-state index in [1.165, 1.54) is 70.6 Å². The summed E-state index contributed by atoms with van der Waals surface area (Å²) in [5, 5.41) is 3.22. The average Bonchev–Trinajstić information content (AvgIpc) is 3.04. The van der Waals surface area contributed by atoms with Crippen molar-refractivity contribution in [3.8, 4) is 0 Å². The van der Waals surface area contributed by atoms with Gasteiger partial charge in [0.2, 0.25) is 5.91 Å². The molecule has 1 aliphatic rings. The molecule has 3 nitrogen and oxygen atoms in total. The van der Waals surface area contributed by atoms with Gasteiger partial charge in [-0.15, -0.1) is 0 Å². The Morgan fingerprint density at radius 3 is 1.92 bits per heavy atom. The first kappa shape index (κ1) is 22.5. The van der Waals surface area contributed by atoms with Crippen molar-refractivity contribution in [3.05, 3.63) is 0 Å². The molecule has 1 N–H and O–H groups in total. The van der Waals surface area contributed by atoms with Crippen molar-refractivity contribution in [2.75, 3.05) is 13.1 Å². The van der Waals surface area contributed by atoms with Crippen molar-refractivity contribution in [2.45, 2.75) is 123 Å². The van der Waals surface area contributed by atoms with Gasteiger partial charge in [-0.2, -0.15) is 0 Å². The lowest BCUT2D eigenvalue weighted by Gasteiger charge is -2.20. The molecule has 0 bridgehead atoms. The molecule has 1 aliphatic heterocycles. The number of unbranched alkanes of at least 4 members (excludes halogenated alkanes) is 11. The van der Waals surface area contributed by atoms with Gasteiger partial charge in [0.05, 0.1) is 0 Å². The topological polar surface area (TPSA) is 32.3 Å². The van der Waals surface area contributed by atoms with Gasteiger partial charge in [-0.1, -0.05) is 77.6 Å². The Morgan fingerprint density at radius 1 is 0.920 bits per heavy atom. The second-order valence-corrected chi connectivity index (χ2v) is 8.28. The van der Waals surface area contributed by atoms with E-state index < -0.39 is 0 Å². The fourth-order valence-electron chi connectivity index (χ4n) is 3.80. The first-order valence-corrected chi connectivity index (χ1v) is 11.2. The lowest BCUT2D eigenvalue weighted by atomic mass is 10.0. The van der Waals surface area contributed by atoms with E-state index in [-0.39, 0.29) is 5.91 Å². The highest BCUT2D eigenvalue weighted by molar-refractivity contribution is 5.76. The van der Waals surface area contributed by atoms with Crippen LogP contribution in [0.3, 0.4) is 0 Å². The number of carbonyl (C=O) groups is 1. The molecule has 0 radical (unpaired) electrons. The van der Waals surface area contributed by atoms with Crippen molar-refractivity contribution in [1.29, 1.82) is 0 Å². The van der Waals surface area contributed by atoms with E-state index in [4.69, 9.17) is 0 Å². The number of rotatable bonds is 15. The van der Waals surface area contributed by atoms with Crippen molar-refractivity contribution in [3.63, 3.8) is 0 Å². The lowest BCUT2D eigenvalue weighted by molar-refractivity contribution is -0.121. The van der Waals surface area contributed by atoms with E-state index in [9.17, 15) is 4.79 Å². The van der Waals surface area contributed by atoms with Crippen LogP contribution in [0, 0.1) is 0 Å². The minimum Gasteiger partial charge on any atom is -0.352 e. The Hall–Kier alpha value is -0.570. The Labute approximate surface area is 157 Å². The van der Waals surface area contributed by atoms with Crippen LogP contribution < -0.4 is 5.32 Å². The monoisotopic (exact) mass is 352 g/mol. The standard InChI is InChI=1S/C22H44N2O/c1-4-5-6-7-8-9-10-11-12-13-14-15-16-22(25)23-21-17-18-24(19-21)20(2)3/h20-21H,4-19H2,1-3H3,(H,23,25)/t21-/m0/s1. The van der Waals surface area contributed by atoms with E-state index >= 15 is 0 Å². The van der Waals surface area contributed by atoms with Crippen molar-refractivity contribution in [2.24, 2.45) is 0 Å². The van der Waals surface area contributed by atoms with Gasteiger partial charge in [-0.05, 0) is 26.7 Å². The van der Waals surface area contributed by atoms with Crippen LogP contribution >= 0.6 is 0 Å². The summed E-state index contributed by atoms with van der Waals surface area (Å²) in [7, 11) is 0. The SMILES string of the molecule is CCCCCCCCCCCCCCC(=O)N[C@H]1CCN(C(C)C)C1. The third-order valence-corrected chi connectivity index (χ3v) is 5.57. The van der Waals surface area contributed by atoms with Gasteiger partial charge in [-0.25, -0.2) is 0 Å². The van der Waals surface area contributed by atoms with E-state index in [0.29, 0.717) is 12.1 Å².